The molecular formula is C18H17N5. The number of aryl methyl sites for hydroxylation is 3. The van der Waals surface area contributed by atoms with Gasteiger partial charge in [-0.3, -0.25) is 0 Å². The molecule has 0 spiro atoms. The van der Waals surface area contributed by atoms with Crippen LogP contribution in [0.15, 0.2) is 36.4 Å². The van der Waals surface area contributed by atoms with Crippen molar-refractivity contribution < 1.29 is 0 Å². The predicted molar refractivity (Wildman–Crippen MR) is 90.1 cm³/mol. The van der Waals surface area contributed by atoms with Crippen molar-refractivity contribution in [3.8, 4) is 23.0 Å². The second kappa shape index (κ2) is 5.58. The summed E-state index contributed by atoms with van der Waals surface area (Å²) < 4.78 is 1.56. The van der Waals surface area contributed by atoms with Gasteiger partial charge in [0.05, 0.1) is 17.3 Å². The van der Waals surface area contributed by atoms with Crippen molar-refractivity contribution in [3.63, 3.8) is 0 Å². The molecule has 114 valence electrons. The van der Waals surface area contributed by atoms with Crippen LogP contribution in [0, 0.1) is 32.1 Å². The molecule has 5 heteroatoms. The fourth-order valence-corrected chi connectivity index (χ4v) is 2.92. The zero-order valence-electron chi connectivity index (χ0n) is 13.3. The van der Waals surface area contributed by atoms with Gasteiger partial charge in [-0.25, -0.2) is 0 Å². The van der Waals surface area contributed by atoms with E-state index in [4.69, 9.17) is 11.0 Å². The third-order valence-electron chi connectivity index (χ3n) is 3.84. The Bertz CT molecular complexity index is 908. The average Bonchev–Trinajstić information content (AvgIpc) is 2.88. The molecule has 0 amide bonds. The minimum absolute atomic E-state index is 0.468. The van der Waals surface area contributed by atoms with E-state index in [0.29, 0.717) is 17.1 Å². The van der Waals surface area contributed by atoms with Gasteiger partial charge in [-0.15, -0.1) is 5.10 Å². The van der Waals surface area contributed by atoms with Gasteiger partial charge >= 0.3 is 0 Å². The van der Waals surface area contributed by atoms with Gasteiger partial charge in [-0.2, -0.15) is 9.94 Å². The van der Waals surface area contributed by atoms with Gasteiger partial charge in [-0.1, -0.05) is 29.0 Å². The van der Waals surface area contributed by atoms with Crippen molar-refractivity contribution in [1.82, 2.24) is 15.0 Å². The number of nitrogen functional groups attached to an aromatic ring is 1. The SMILES string of the molecule is Cc1cc(C)c(-c2nnn(-c3cccc(C#N)c3)c2N)c(C)c1. The minimum Gasteiger partial charge on any atom is -0.382 e. The van der Waals surface area contributed by atoms with Crippen LogP contribution in [0.5, 0.6) is 0 Å². The van der Waals surface area contributed by atoms with E-state index in [2.05, 4.69) is 35.4 Å². The summed E-state index contributed by atoms with van der Waals surface area (Å²) in [4.78, 5) is 0. The molecule has 3 aromatic rings. The van der Waals surface area contributed by atoms with Gasteiger partial charge in [0, 0.05) is 5.56 Å². The molecule has 0 aliphatic heterocycles. The molecule has 0 saturated carbocycles. The Morgan fingerprint density at radius 1 is 1.09 bits per heavy atom. The molecule has 0 radical (unpaired) electrons. The molecule has 2 aromatic carbocycles. The summed E-state index contributed by atoms with van der Waals surface area (Å²) in [6, 6.07) is 13.5. The Morgan fingerprint density at radius 2 is 1.78 bits per heavy atom. The number of aromatic nitrogens is 3. The lowest BCUT2D eigenvalue weighted by Gasteiger charge is -2.10. The lowest BCUT2D eigenvalue weighted by Crippen LogP contribution is -2.03. The molecule has 0 aliphatic rings. The molecule has 0 unspecified atom stereocenters. The quantitative estimate of drug-likeness (QED) is 0.787. The van der Waals surface area contributed by atoms with Crippen molar-refractivity contribution in [1.29, 1.82) is 5.26 Å². The Hall–Kier alpha value is -3.13. The maximum atomic E-state index is 9.03. The molecule has 5 nitrogen and oxygen atoms in total. The molecule has 2 N–H and O–H groups in total. The van der Waals surface area contributed by atoms with E-state index in [1.165, 1.54) is 5.56 Å². The second-order valence-electron chi connectivity index (χ2n) is 5.67. The van der Waals surface area contributed by atoms with E-state index in [9.17, 15) is 0 Å². The van der Waals surface area contributed by atoms with Crippen LogP contribution < -0.4 is 5.73 Å². The van der Waals surface area contributed by atoms with Gasteiger partial charge in [0.2, 0.25) is 0 Å². The van der Waals surface area contributed by atoms with E-state index < -0.39 is 0 Å². The average molecular weight is 303 g/mol. The summed E-state index contributed by atoms with van der Waals surface area (Å²) in [6.45, 7) is 6.16. The zero-order valence-corrected chi connectivity index (χ0v) is 13.3. The number of benzene rings is 2. The van der Waals surface area contributed by atoms with E-state index in [0.717, 1.165) is 22.4 Å². The molecule has 0 saturated heterocycles. The molecule has 0 aliphatic carbocycles. The summed E-state index contributed by atoms with van der Waals surface area (Å²) in [5.41, 5.74) is 12.7. The predicted octanol–water partition coefficient (Wildman–Crippen LogP) is 3.31. The number of anilines is 1. The first-order chi connectivity index (χ1) is 11.0. The highest BCUT2D eigenvalue weighted by Gasteiger charge is 2.17. The molecule has 0 bridgehead atoms. The Balaban J connectivity index is 2.16. The summed E-state index contributed by atoms with van der Waals surface area (Å²) >= 11 is 0. The third-order valence-corrected chi connectivity index (χ3v) is 3.84. The smallest absolute Gasteiger partial charge is 0.155 e. The van der Waals surface area contributed by atoms with E-state index in [-0.39, 0.29) is 0 Å². The fourth-order valence-electron chi connectivity index (χ4n) is 2.92. The fraction of sp³-hybridized carbons (Fsp3) is 0.167. The van der Waals surface area contributed by atoms with Crippen LogP contribution in [0.25, 0.3) is 16.9 Å². The normalized spacial score (nSPS) is 10.5. The Labute approximate surface area is 135 Å². The van der Waals surface area contributed by atoms with Crippen molar-refractivity contribution in [2.24, 2.45) is 0 Å². The van der Waals surface area contributed by atoms with Crippen LogP contribution in [-0.4, -0.2) is 15.0 Å². The molecule has 3 rings (SSSR count). The molecule has 23 heavy (non-hydrogen) atoms. The Morgan fingerprint density at radius 3 is 2.43 bits per heavy atom. The van der Waals surface area contributed by atoms with Gasteiger partial charge < -0.3 is 5.73 Å². The molecule has 0 atom stereocenters. The summed E-state index contributed by atoms with van der Waals surface area (Å²) in [6.07, 6.45) is 0. The van der Waals surface area contributed by atoms with Crippen LogP contribution >= 0.6 is 0 Å². The topological polar surface area (TPSA) is 80.5 Å². The highest BCUT2D eigenvalue weighted by atomic mass is 15.5. The number of rotatable bonds is 2. The maximum Gasteiger partial charge on any atom is 0.155 e. The van der Waals surface area contributed by atoms with Crippen molar-refractivity contribution >= 4 is 5.82 Å². The lowest BCUT2D eigenvalue weighted by molar-refractivity contribution is 0.810. The van der Waals surface area contributed by atoms with Crippen molar-refractivity contribution in [3.05, 3.63) is 58.7 Å². The van der Waals surface area contributed by atoms with Crippen LogP contribution in [0.3, 0.4) is 0 Å². The van der Waals surface area contributed by atoms with Gasteiger partial charge in [0.25, 0.3) is 0 Å². The molecule has 1 heterocycles. The first-order valence-electron chi connectivity index (χ1n) is 7.31. The Kier molecular flexibility index (Phi) is 3.59. The summed E-state index contributed by atoms with van der Waals surface area (Å²) in [5, 5.41) is 17.5. The number of nitrogens with zero attached hydrogens (tertiary/aromatic N) is 4. The number of nitriles is 1. The minimum atomic E-state index is 0.468. The number of hydrogen-bond acceptors (Lipinski definition) is 4. The second-order valence-corrected chi connectivity index (χ2v) is 5.67. The van der Waals surface area contributed by atoms with Gasteiger partial charge in [0.1, 0.15) is 5.69 Å². The zero-order chi connectivity index (χ0) is 16.6. The lowest BCUT2D eigenvalue weighted by atomic mass is 9.97. The molecule has 1 aromatic heterocycles. The van der Waals surface area contributed by atoms with Crippen molar-refractivity contribution in [2.45, 2.75) is 20.8 Å². The van der Waals surface area contributed by atoms with Crippen LogP contribution in [0.4, 0.5) is 5.82 Å². The third kappa shape index (κ3) is 2.55. The monoisotopic (exact) mass is 303 g/mol. The standard InChI is InChI=1S/C18H17N5/c1-11-7-12(2)16(13(3)8-11)17-18(20)23(22-21-17)15-6-4-5-14(9-15)10-19/h4-9H,20H2,1-3H3. The van der Waals surface area contributed by atoms with Crippen molar-refractivity contribution in [2.75, 3.05) is 5.73 Å². The van der Waals surface area contributed by atoms with Gasteiger partial charge in [0.15, 0.2) is 5.82 Å². The van der Waals surface area contributed by atoms with E-state index in [1.807, 2.05) is 19.9 Å². The highest BCUT2D eigenvalue weighted by Crippen LogP contribution is 2.31. The molecular weight excluding hydrogens is 286 g/mol. The first-order valence-corrected chi connectivity index (χ1v) is 7.31. The highest BCUT2D eigenvalue weighted by molar-refractivity contribution is 5.76. The molecule has 0 fully saturated rings. The van der Waals surface area contributed by atoms with E-state index in [1.54, 1.807) is 22.9 Å². The number of nitrogens with two attached hydrogens (primary N) is 1. The largest absolute Gasteiger partial charge is 0.382 e. The number of hydrogen-bond donors (Lipinski definition) is 1. The van der Waals surface area contributed by atoms with Crippen LogP contribution in [-0.2, 0) is 0 Å². The summed E-state index contributed by atoms with van der Waals surface area (Å²) in [7, 11) is 0. The van der Waals surface area contributed by atoms with Gasteiger partial charge in [-0.05, 0) is 50.1 Å². The first kappa shape index (κ1) is 14.8. The maximum absolute atomic E-state index is 9.03. The van der Waals surface area contributed by atoms with Crippen LogP contribution in [0.2, 0.25) is 0 Å². The van der Waals surface area contributed by atoms with E-state index >= 15 is 0 Å². The van der Waals surface area contributed by atoms with Crippen LogP contribution in [0.1, 0.15) is 22.3 Å². The summed E-state index contributed by atoms with van der Waals surface area (Å²) in [5.74, 6) is 0.468.